The van der Waals surface area contributed by atoms with Gasteiger partial charge in [0, 0.05) is 0 Å². The normalized spacial score (nSPS) is 28.8. The average molecular weight is 244 g/mol. The maximum atomic E-state index is 2.54. The van der Waals surface area contributed by atoms with Crippen LogP contribution in [0.3, 0.4) is 0 Å². The van der Waals surface area contributed by atoms with Crippen LogP contribution in [0.5, 0.6) is 0 Å². The number of hydrogen-bond acceptors (Lipinski definition) is 0. The van der Waals surface area contributed by atoms with Gasteiger partial charge in [0.2, 0.25) is 0 Å². The summed E-state index contributed by atoms with van der Waals surface area (Å²) in [4.78, 5) is 0. The fourth-order valence-corrected chi connectivity index (χ4v) is 7.86. The Kier molecular flexibility index (Phi) is 3.07. The molecule has 0 spiro atoms. The summed E-state index contributed by atoms with van der Waals surface area (Å²) in [7, 11) is -1.34. The SMILES string of the molecule is CC1=C[C@@H]([Si](C)(C)[C@H]2C=C(C)C=C2C)C(C)=C1. The van der Waals surface area contributed by atoms with E-state index in [4.69, 9.17) is 0 Å². The van der Waals surface area contributed by atoms with Crippen LogP contribution in [0.4, 0.5) is 0 Å². The first-order valence-corrected chi connectivity index (χ1v) is 9.71. The van der Waals surface area contributed by atoms with E-state index in [1.807, 2.05) is 0 Å². The van der Waals surface area contributed by atoms with Gasteiger partial charge in [0.1, 0.15) is 0 Å². The third-order valence-electron chi connectivity index (χ3n) is 4.35. The van der Waals surface area contributed by atoms with E-state index < -0.39 is 8.07 Å². The monoisotopic (exact) mass is 244 g/mol. The highest BCUT2D eigenvalue weighted by Crippen LogP contribution is 2.48. The Morgan fingerprint density at radius 3 is 1.35 bits per heavy atom. The lowest BCUT2D eigenvalue weighted by molar-refractivity contribution is 1.06. The van der Waals surface area contributed by atoms with Gasteiger partial charge in [-0.3, -0.25) is 0 Å². The van der Waals surface area contributed by atoms with Crippen LogP contribution in [-0.2, 0) is 0 Å². The molecule has 0 radical (unpaired) electrons. The molecule has 2 aliphatic carbocycles. The fourth-order valence-electron chi connectivity index (χ4n) is 3.58. The van der Waals surface area contributed by atoms with Crippen LogP contribution in [0.25, 0.3) is 0 Å². The van der Waals surface area contributed by atoms with Gasteiger partial charge in [-0.25, -0.2) is 0 Å². The zero-order valence-electron chi connectivity index (χ0n) is 12.0. The van der Waals surface area contributed by atoms with Gasteiger partial charge in [0.25, 0.3) is 0 Å². The van der Waals surface area contributed by atoms with E-state index in [1.165, 1.54) is 11.1 Å². The Hall–Kier alpha value is -0.823. The van der Waals surface area contributed by atoms with Crippen molar-refractivity contribution in [2.75, 3.05) is 0 Å². The van der Waals surface area contributed by atoms with Gasteiger partial charge in [0.05, 0.1) is 8.07 Å². The molecule has 0 heterocycles. The second kappa shape index (κ2) is 4.13. The van der Waals surface area contributed by atoms with Crippen molar-refractivity contribution in [2.24, 2.45) is 0 Å². The third-order valence-corrected chi connectivity index (χ3v) is 8.80. The number of hydrogen-bond donors (Lipinski definition) is 0. The molecule has 0 aromatic carbocycles. The van der Waals surface area contributed by atoms with Crippen LogP contribution >= 0.6 is 0 Å². The predicted octanol–water partition coefficient (Wildman–Crippen LogP) is 5.25. The molecule has 0 aliphatic heterocycles. The first-order chi connectivity index (χ1) is 7.82. The summed E-state index contributed by atoms with van der Waals surface area (Å²) in [6, 6.07) is 0. The quantitative estimate of drug-likeness (QED) is 0.582. The summed E-state index contributed by atoms with van der Waals surface area (Å²) in [6.07, 6.45) is 9.72. The first kappa shape index (κ1) is 12.6. The molecule has 0 bridgehead atoms. The Bertz CT molecular complexity index is 416. The van der Waals surface area contributed by atoms with Gasteiger partial charge in [0.15, 0.2) is 0 Å². The van der Waals surface area contributed by atoms with Gasteiger partial charge < -0.3 is 0 Å². The number of allylic oxidation sites excluding steroid dienone is 8. The van der Waals surface area contributed by atoms with E-state index >= 15 is 0 Å². The highest BCUT2D eigenvalue weighted by molar-refractivity contribution is 6.82. The summed E-state index contributed by atoms with van der Waals surface area (Å²) in [5, 5.41) is 0. The summed E-state index contributed by atoms with van der Waals surface area (Å²) >= 11 is 0. The van der Waals surface area contributed by atoms with Crippen molar-refractivity contribution in [1.29, 1.82) is 0 Å². The van der Waals surface area contributed by atoms with E-state index in [0.717, 1.165) is 11.1 Å². The second-order valence-electron chi connectivity index (χ2n) is 6.37. The summed E-state index contributed by atoms with van der Waals surface area (Å²) < 4.78 is 0. The molecule has 0 fully saturated rings. The Labute approximate surface area is 107 Å². The Morgan fingerprint density at radius 1 is 0.765 bits per heavy atom. The largest absolute Gasteiger partial charge is 0.0771 e. The minimum Gasteiger partial charge on any atom is -0.0771 e. The smallest absolute Gasteiger partial charge is 0.0706 e. The molecule has 2 aliphatic rings. The van der Waals surface area contributed by atoms with E-state index in [2.05, 4.69) is 65.1 Å². The minimum absolute atomic E-state index is 0.720. The van der Waals surface area contributed by atoms with Crippen LogP contribution in [0, 0.1) is 0 Å². The molecular formula is C16H24Si. The van der Waals surface area contributed by atoms with Crippen molar-refractivity contribution in [3.05, 3.63) is 46.6 Å². The average Bonchev–Trinajstić information content (AvgIpc) is 2.70. The zero-order valence-corrected chi connectivity index (χ0v) is 13.0. The maximum absolute atomic E-state index is 2.54. The molecule has 0 saturated heterocycles. The van der Waals surface area contributed by atoms with Crippen molar-refractivity contribution >= 4 is 8.07 Å². The van der Waals surface area contributed by atoms with Crippen molar-refractivity contribution in [1.82, 2.24) is 0 Å². The second-order valence-corrected chi connectivity index (χ2v) is 11.3. The fraction of sp³-hybridized carbons (Fsp3) is 0.500. The zero-order chi connectivity index (χ0) is 12.8. The molecular weight excluding hydrogens is 220 g/mol. The molecule has 0 saturated carbocycles. The number of rotatable bonds is 2. The van der Waals surface area contributed by atoms with E-state index in [1.54, 1.807) is 11.1 Å². The van der Waals surface area contributed by atoms with E-state index in [0.29, 0.717) is 0 Å². The summed E-state index contributed by atoms with van der Waals surface area (Å²) in [6.45, 7) is 14.1. The van der Waals surface area contributed by atoms with Crippen LogP contribution in [0.1, 0.15) is 27.7 Å². The molecule has 0 aromatic rings. The summed E-state index contributed by atoms with van der Waals surface area (Å²) in [5.41, 5.74) is 7.49. The minimum atomic E-state index is -1.34. The van der Waals surface area contributed by atoms with Crippen LogP contribution in [-0.4, -0.2) is 8.07 Å². The maximum Gasteiger partial charge on any atom is 0.0706 e. The van der Waals surface area contributed by atoms with Crippen molar-refractivity contribution in [3.63, 3.8) is 0 Å². The molecule has 0 amide bonds. The molecule has 17 heavy (non-hydrogen) atoms. The van der Waals surface area contributed by atoms with Crippen molar-refractivity contribution < 1.29 is 0 Å². The van der Waals surface area contributed by atoms with Crippen molar-refractivity contribution in [3.8, 4) is 0 Å². The van der Waals surface area contributed by atoms with Gasteiger partial charge in [-0.05, 0) is 38.8 Å². The molecule has 92 valence electrons. The van der Waals surface area contributed by atoms with Crippen LogP contribution < -0.4 is 0 Å². The topological polar surface area (TPSA) is 0 Å². The highest BCUT2D eigenvalue weighted by atomic mass is 28.3. The third kappa shape index (κ3) is 2.13. The van der Waals surface area contributed by atoms with Crippen LogP contribution in [0.2, 0.25) is 24.2 Å². The Morgan fingerprint density at radius 2 is 1.12 bits per heavy atom. The first-order valence-electron chi connectivity index (χ1n) is 6.55. The van der Waals surface area contributed by atoms with E-state index in [-0.39, 0.29) is 0 Å². The molecule has 0 unspecified atom stereocenters. The van der Waals surface area contributed by atoms with Crippen molar-refractivity contribution in [2.45, 2.75) is 51.9 Å². The van der Waals surface area contributed by atoms with Gasteiger partial charge in [-0.15, -0.1) is 0 Å². The highest BCUT2D eigenvalue weighted by Gasteiger charge is 2.41. The van der Waals surface area contributed by atoms with Gasteiger partial charge >= 0.3 is 0 Å². The molecule has 1 heteroatoms. The molecule has 2 rings (SSSR count). The molecule has 0 nitrogen and oxygen atoms in total. The standard InChI is InChI=1S/C16H24Si/c1-11-7-13(3)15(9-11)17(5,6)16-10-12(2)8-14(16)4/h7-10,15-16H,1-6H3/t15-,16+. The predicted molar refractivity (Wildman–Crippen MR) is 80.0 cm³/mol. The molecule has 0 N–H and O–H groups in total. The Balaban J connectivity index is 2.33. The molecule has 2 atom stereocenters. The summed E-state index contributed by atoms with van der Waals surface area (Å²) in [5.74, 6) is 0. The lowest BCUT2D eigenvalue weighted by Gasteiger charge is -2.35. The van der Waals surface area contributed by atoms with Gasteiger partial charge in [-0.1, -0.05) is 59.7 Å². The van der Waals surface area contributed by atoms with Gasteiger partial charge in [-0.2, -0.15) is 0 Å². The van der Waals surface area contributed by atoms with E-state index in [9.17, 15) is 0 Å². The van der Waals surface area contributed by atoms with Crippen LogP contribution in [0.15, 0.2) is 46.6 Å². The lowest BCUT2D eigenvalue weighted by atomic mass is 10.2. The lowest BCUT2D eigenvalue weighted by Crippen LogP contribution is -2.36. The molecule has 0 aromatic heterocycles.